The van der Waals surface area contributed by atoms with Crippen LogP contribution in [0.1, 0.15) is 0 Å². The van der Waals surface area contributed by atoms with E-state index in [1.54, 1.807) is 24.3 Å². The number of hydrogen-bond acceptors (Lipinski definition) is 4. The van der Waals surface area contributed by atoms with Gasteiger partial charge in [-0.05, 0) is 52.9 Å². The molecule has 110 valence electrons. The SMILES string of the molecule is O=[N+]([O-])c1cc(Cl)ccc1S(=O)(=O)Nc1cccc(I)c1. The van der Waals surface area contributed by atoms with E-state index in [0.717, 1.165) is 15.7 Å². The van der Waals surface area contributed by atoms with E-state index in [1.165, 1.54) is 6.07 Å². The Kier molecular flexibility index (Phi) is 4.69. The predicted molar refractivity (Wildman–Crippen MR) is 88.1 cm³/mol. The number of sulfonamides is 1. The van der Waals surface area contributed by atoms with Crippen LogP contribution in [-0.2, 0) is 10.0 Å². The monoisotopic (exact) mass is 438 g/mol. The second kappa shape index (κ2) is 6.16. The normalized spacial score (nSPS) is 11.1. The minimum absolute atomic E-state index is 0.0925. The van der Waals surface area contributed by atoms with Crippen molar-refractivity contribution in [1.29, 1.82) is 0 Å². The second-order valence-corrected chi connectivity index (χ2v) is 7.32. The van der Waals surface area contributed by atoms with E-state index in [9.17, 15) is 18.5 Å². The van der Waals surface area contributed by atoms with Crippen LogP contribution >= 0.6 is 34.2 Å². The highest BCUT2D eigenvalue weighted by atomic mass is 127. The molecule has 0 heterocycles. The molecule has 0 amide bonds. The van der Waals surface area contributed by atoms with Crippen molar-refractivity contribution >= 4 is 55.6 Å². The molecule has 0 unspecified atom stereocenters. The molecule has 0 saturated carbocycles. The highest BCUT2D eigenvalue weighted by Crippen LogP contribution is 2.28. The van der Waals surface area contributed by atoms with Crippen LogP contribution in [0.2, 0.25) is 5.02 Å². The van der Waals surface area contributed by atoms with Gasteiger partial charge in [0.25, 0.3) is 15.7 Å². The van der Waals surface area contributed by atoms with Crippen LogP contribution in [-0.4, -0.2) is 13.3 Å². The van der Waals surface area contributed by atoms with Crippen LogP contribution in [0, 0.1) is 13.7 Å². The first-order valence-electron chi connectivity index (χ1n) is 5.52. The number of anilines is 1. The van der Waals surface area contributed by atoms with E-state index >= 15 is 0 Å². The standard InChI is InChI=1S/C12H8ClIN2O4S/c13-8-4-5-12(11(6-8)16(17)18)21(19,20)15-10-3-1-2-9(14)7-10/h1-7,15H. The molecule has 9 heteroatoms. The van der Waals surface area contributed by atoms with Gasteiger partial charge in [0.15, 0.2) is 4.90 Å². The molecule has 1 N–H and O–H groups in total. The summed E-state index contributed by atoms with van der Waals surface area (Å²) in [6.45, 7) is 0. The van der Waals surface area contributed by atoms with Crippen molar-refractivity contribution in [1.82, 2.24) is 0 Å². The Morgan fingerprint density at radius 3 is 2.52 bits per heavy atom. The van der Waals surface area contributed by atoms with Crippen molar-refractivity contribution in [3.63, 3.8) is 0 Å². The average molecular weight is 439 g/mol. The van der Waals surface area contributed by atoms with Crippen LogP contribution < -0.4 is 4.72 Å². The molecule has 2 rings (SSSR count). The van der Waals surface area contributed by atoms with Crippen LogP contribution in [0.25, 0.3) is 0 Å². The third-order valence-corrected chi connectivity index (χ3v) is 4.82. The number of hydrogen-bond donors (Lipinski definition) is 1. The van der Waals surface area contributed by atoms with E-state index in [1.807, 2.05) is 22.6 Å². The Hall–Kier alpha value is -1.39. The molecule has 0 aromatic heterocycles. The Morgan fingerprint density at radius 2 is 1.90 bits per heavy atom. The fourth-order valence-corrected chi connectivity index (χ4v) is 3.54. The molecule has 0 aliphatic carbocycles. The first-order chi connectivity index (χ1) is 9.79. The number of nitrogens with zero attached hydrogens (tertiary/aromatic N) is 1. The summed E-state index contributed by atoms with van der Waals surface area (Å²) in [5, 5.41) is 11.1. The van der Waals surface area contributed by atoms with E-state index < -0.39 is 25.5 Å². The summed E-state index contributed by atoms with van der Waals surface area (Å²) in [4.78, 5) is 9.76. The van der Waals surface area contributed by atoms with E-state index in [4.69, 9.17) is 11.6 Å². The minimum atomic E-state index is -4.08. The lowest BCUT2D eigenvalue weighted by molar-refractivity contribution is -0.387. The maximum Gasteiger partial charge on any atom is 0.291 e. The summed E-state index contributed by atoms with van der Waals surface area (Å²) in [7, 11) is -4.08. The second-order valence-electron chi connectivity index (χ2n) is 3.99. The Morgan fingerprint density at radius 1 is 1.19 bits per heavy atom. The largest absolute Gasteiger partial charge is 0.291 e. The van der Waals surface area contributed by atoms with Crippen molar-refractivity contribution < 1.29 is 13.3 Å². The number of nitro benzene ring substituents is 1. The summed E-state index contributed by atoms with van der Waals surface area (Å²) < 4.78 is 27.7. The van der Waals surface area contributed by atoms with Gasteiger partial charge < -0.3 is 0 Å². The molecule has 0 atom stereocenters. The van der Waals surface area contributed by atoms with Gasteiger partial charge >= 0.3 is 0 Å². The summed E-state index contributed by atoms with van der Waals surface area (Å²) in [5.41, 5.74) is -0.244. The number of benzene rings is 2. The molecule has 0 bridgehead atoms. The van der Waals surface area contributed by atoms with Gasteiger partial charge in [0, 0.05) is 20.3 Å². The lowest BCUT2D eigenvalue weighted by Crippen LogP contribution is -2.14. The molecule has 6 nitrogen and oxygen atoms in total. The van der Waals surface area contributed by atoms with Crippen molar-refractivity contribution in [3.05, 3.63) is 61.2 Å². The lowest BCUT2D eigenvalue weighted by atomic mass is 10.3. The molecule has 0 radical (unpaired) electrons. The van der Waals surface area contributed by atoms with Crippen LogP contribution in [0.3, 0.4) is 0 Å². The van der Waals surface area contributed by atoms with Gasteiger partial charge in [-0.3, -0.25) is 14.8 Å². The summed E-state index contributed by atoms with van der Waals surface area (Å²) >= 11 is 7.70. The molecule has 21 heavy (non-hydrogen) atoms. The van der Waals surface area contributed by atoms with Crippen LogP contribution in [0.15, 0.2) is 47.4 Å². The van der Waals surface area contributed by atoms with E-state index in [2.05, 4.69) is 4.72 Å². The van der Waals surface area contributed by atoms with Crippen molar-refractivity contribution in [2.45, 2.75) is 4.90 Å². The van der Waals surface area contributed by atoms with Gasteiger partial charge in [0.05, 0.1) is 4.92 Å². The molecule has 0 aliphatic heterocycles. The minimum Gasteiger partial charge on any atom is -0.279 e. The lowest BCUT2D eigenvalue weighted by Gasteiger charge is -2.09. The van der Waals surface area contributed by atoms with Crippen molar-refractivity contribution in [3.8, 4) is 0 Å². The Balaban J connectivity index is 2.47. The molecule has 0 aliphatic rings. The number of rotatable bonds is 4. The third-order valence-electron chi connectivity index (χ3n) is 2.48. The van der Waals surface area contributed by atoms with E-state index in [0.29, 0.717) is 5.69 Å². The summed E-state index contributed by atoms with van der Waals surface area (Å²) in [5.74, 6) is 0. The van der Waals surface area contributed by atoms with Gasteiger partial charge in [0.2, 0.25) is 0 Å². The third kappa shape index (κ3) is 3.83. The Bertz CT molecular complexity index is 811. The fraction of sp³-hybridized carbons (Fsp3) is 0. The molecule has 0 spiro atoms. The molecule has 2 aromatic carbocycles. The van der Waals surface area contributed by atoms with Gasteiger partial charge in [0.1, 0.15) is 0 Å². The highest BCUT2D eigenvalue weighted by molar-refractivity contribution is 14.1. The predicted octanol–water partition coefficient (Wildman–Crippen LogP) is 3.65. The first-order valence-corrected chi connectivity index (χ1v) is 8.46. The maximum atomic E-state index is 12.3. The summed E-state index contributed by atoms with van der Waals surface area (Å²) in [6, 6.07) is 10.0. The highest BCUT2D eigenvalue weighted by Gasteiger charge is 2.26. The smallest absolute Gasteiger partial charge is 0.279 e. The zero-order valence-corrected chi connectivity index (χ0v) is 14.0. The van der Waals surface area contributed by atoms with Crippen molar-refractivity contribution in [2.75, 3.05) is 4.72 Å². The topological polar surface area (TPSA) is 89.3 Å². The van der Waals surface area contributed by atoms with E-state index in [-0.39, 0.29) is 5.02 Å². The Labute approximate surface area is 139 Å². The van der Waals surface area contributed by atoms with Crippen LogP contribution in [0.5, 0.6) is 0 Å². The number of nitro groups is 1. The quantitative estimate of drug-likeness (QED) is 0.448. The number of nitrogens with one attached hydrogen (secondary N) is 1. The maximum absolute atomic E-state index is 12.3. The molecule has 0 saturated heterocycles. The van der Waals surface area contributed by atoms with Gasteiger partial charge in [-0.15, -0.1) is 0 Å². The van der Waals surface area contributed by atoms with Gasteiger partial charge in [-0.25, -0.2) is 8.42 Å². The van der Waals surface area contributed by atoms with Gasteiger partial charge in [-0.2, -0.15) is 0 Å². The van der Waals surface area contributed by atoms with Crippen molar-refractivity contribution in [2.24, 2.45) is 0 Å². The molecule has 2 aromatic rings. The summed E-state index contributed by atoms with van der Waals surface area (Å²) in [6.07, 6.45) is 0. The number of halogens is 2. The van der Waals surface area contributed by atoms with Gasteiger partial charge in [-0.1, -0.05) is 17.7 Å². The zero-order valence-electron chi connectivity index (χ0n) is 10.3. The fourth-order valence-electron chi connectivity index (χ4n) is 1.62. The average Bonchev–Trinajstić information content (AvgIpc) is 2.37. The first kappa shape index (κ1) is 16.0. The molecular weight excluding hydrogens is 431 g/mol. The molecular formula is C12H8ClIN2O4S. The molecule has 0 fully saturated rings. The van der Waals surface area contributed by atoms with Crippen LogP contribution in [0.4, 0.5) is 11.4 Å². The zero-order chi connectivity index (χ0) is 15.6.